The monoisotopic (exact) mass is 295 g/mol. The molecule has 0 radical (unpaired) electrons. The van der Waals surface area contributed by atoms with E-state index in [0.29, 0.717) is 12.3 Å². The maximum absolute atomic E-state index is 7.40. The van der Waals surface area contributed by atoms with Crippen molar-refractivity contribution in [3.8, 4) is 11.1 Å². The number of fused-ring (bicyclic) bond motifs is 1. The van der Waals surface area contributed by atoms with Gasteiger partial charge in [-0.2, -0.15) is 10.2 Å². The lowest BCUT2D eigenvalue weighted by Crippen LogP contribution is -2.09. The summed E-state index contributed by atoms with van der Waals surface area (Å²) in [4.78, 5) is 3.60. The first-order valence-corrected chi connectivity index (χ1v) is 7.16. The van der Waals surface area contributed by atoms with Gasteiger partial charge in [-0.1, -0.05) is 0 Å². The Bertz CT molecular complexity index is 855. The fraction of sp³-hybridized carbons (Fsp3) is 0.312. The van der Waals surface area contributed by atoms with Crippen molar-refractivity contribution in [1.82, 2.24) is 19.4 Å². The Balaban J connectivity index is 2.15. The highest BCUT2D eigenvalue weighted by Gasteiger charge is 2.15. The largest absolute Gasteiger partial charge is 0.357 e. The van der Waals surface area contributed by atoms with Crippen LogP contribution in [0.5, 0.6) is 0 Å². The normalized spacial score (nSPS) is 12.5. The molecule has 0 aliphatic carbocycles. The van der Waals surface area contributed by atoms with Crippen LogP contribution in [0.15, 0.2) is 30.7 Å². The third-order valence-electron chi connectivity index (χ3n) is 3.64. The van der Waals surface area contributed by atoms with E-state index < -0.39 is 0 Å². The molecule has 1 atom stereocenters. The number of aromatic nitrogens is 4. The highest BCUT2D eigenvalue weighted by Crippen LogP contribution is 2.34. The second-order valence-electron chi connectivity index (χ2n) is 5.05. The van der Waals surface area contributed by atoms with Crippen molar-refractivity contribution in [3.05, 3.63) is 47.8 Å². The first kappa shape index (κ1) is 14.3. The lowest BCUT2D eigenvalue weighted by molar-refractivity contribution is 0.0160. The molecule has 3 heterocycles. The molecule has 6 heteroatoms. The summed E-state index contributed by atoms with van der Waals surface area (Å²) in [6, 6.07) is 3.97. The minimum absolute atomic E-state index is 0.137. The zero-order chi connectivity index (χ0) is 15.7. The van der Waals surface area contributed by atoms with Crippen LogP contribution in [0.1, 0.15) is 25.8 Å². The number of nitrogens with zero attached hydrogens (tertiary/aromatic N) is 5. The number of hydrogen-bond donors (Lipinski definition) is 0. The lowest BCUT2D eigenvalue weighted by Gasteiger charge is -2.11. The number of rotatable bonds is 4. The Morgan fingerprint density at radius 2 is 2.14 bits per heavy atom. The average Bonchev–Trinajstić information content (AvgIpc) is 3.14. The molecular formula is C16H17N5O. The summed E-state index contributed by atoms with van der Waals surface area (Å²) < 4.78 is 9.15. The van der Waals surface area contributed by atoms with E-state index in [4.69, 9.17) is 11.3 Å². The molecule has 0 aliphatic rings. The Morgan fingerprint density at radius 1 is 1.32 bits per heavy atom. The van der Waals surface area contributed by atoms with E-state index in [9.17, 15) is 0 Å². The van der Waals surface area contributed by atoms with Crippen molar-refractivity contribution in [3.63, 3.8) is 0 Å². The molecule has 1 unspecified atom stereocenters. The van der Waals surface area contributed by atoms with Crippen LogP contribution in [0.2, 0.25) is 0 Å². The van der Waals surface area contributed by atoms with Gasteiger partial charge in [0, 0.05) is 29.6 Å². The van der Waals surface area contributed by atoms with Crippen molar-refractivity contribution >= 4 is 11.2 Å². The van der Waals surface area contributed by atoms with Crippen LogP contribution < -0.4 is 0 Å². The van der Waals surface area contributed by atoms with Gasteiger partial charge >= 0.3 is 0 Å². The fourth-order valence-electron chi connectivity index (χ4n) is 2.55. The lowest BCUT2D eigenvalue weighted by atomic mass is 10.1. The molecule has 0 amide bonds. The molecule has 0 N–H and O–H groups in total. The van der Waals surface area contributed by atoms with Gasteiger partial charge in [-0.3, -0.25) is 0 Å². The predicted molar refractivity (Wildman–Crippen MR) is 83.7 cm³/mol. The molecule has 0 saturated heterocycles. The maximum Gasteiger partial charge on any atom is 0.216 e. The third-order valence-corrected chi connectivity index (χ3v) is 3.64. The van der Waals surface area contributed by atoms with Crippen molar-refractivity contribution in [1.29, 1.82) is 0 Å². The van der Waals surface area contributed by atoms with E-state index in [1.54, 1.807) is 17.1 Å². The van der Waals surface area contributed by atoms with E-state index >= 15 is 0 Å². The summed E-state index contributed by atoms with van der Waals surface area (Å²) in [6.07, 6.45) is 5.14. The van der Waals surface area contributed by atoms with Crippen molar-refractivity contribution in [2.24, 2.45) is 0 Å². The second-order valence-corrected chi connectivity index (χ2v) is 5.05. The molecule has 6 nitrogen and oxygen atoms in total. The average molecular weight is 295 g/mol. The number of hydrogen-bond acceptors (Lipinski definition) is 3. The van der Waals surface area contributed by atoms with Gasteiger partial charge in [-0.15, -0.1) is 0 Å². The fourth-order valence-corrected chi connectivity index (χ4v) is 2.55. The van der Waals surface area contributed by atoms with Gasteiger partial charge in [0.1, 0.15) is 6.23 Å². The molecule has 0 spiro atoms. The van der Waals surface area contributed by atoms with Crippen LogP contribution in [0.3, 0.4) is 0 Å². The van der Waals surface area contributed by atoms with Gasteiger partial charge in [-0.05, 0) is 32.9 Å². The van der Waals surface area contributed by atoms with Crippen LogP contribution in [0.25, 0.3) is 21.5 Å². The molecule has 3 aromatic heterocycles. The van der Waals surface area contributed by atoms with Gasteiger partial charge in [-0.25, -0.2) is 14.0 Å². The van der Waals surface area contributed by atoms with Crippen molar-refractivity contribution < 1.29 is 4.74 Å². The zero-order valence-electron chi connectivity index (χ0n) is 12.8. The number of ether oxygens (including phenoxy) is 1. The first-order valence-electron chi connectivity index (χ1n) is 7.16. The molecule has 0 aliphatic heterocycles. The molecule has 3 aromatic rings. The van der Waals surface area contributed by atoms with E-state index in [1.165, 1.54) is 0 Å². The van der Waals surface area contributed by atoms with Gasteiger partial charge in [0.25, 0.3) is 0 Å². The van der Waals surface area contributed by atoms with Gasteiger partial charge < -0.3 is 4.74 Å². The molecule has 22 heavy (non-hydrogen) atoms. The Hall–Kier alpha value is -2.65. The van der Waals surface area contributed by atoms with Crippen molar-refractivity contribution in [2.45, 2.75) is 27.0 Å². The van der Waals surface area contributed by atoms with E-state index in [-0.39, 0.29) is 6.23 Å². The summed E-state index contributed by atoms with van der Waals surface area (Å²) in [5.41, 5.74) is 4.21. The van der Waals surface area contributed by atoms with Crippen LogP contribution >= 0.6 is 0 Å². The van der Waals surface area contributed by atoms with Crippen LogP contribution in [0, 0.1) is 13.5 Å². The highest BCUT2D eigenvalue weighted by atomic mass is 16.5. The Kier molecular flexibility index (Phi) is 3.65. The van der Waals surface area contributed by atoms with Crippen LogP contribution in [-0.4, -0.2) is 26.0 Å². The van der Waals surface area contributed by atoms with E-state index in [2.05, 4.69) is 15.0 Å². The molecule has 0 bridgehead atoms. The third kappa shape index (κ3) is 2.26. The van der Waals surface area contributed by atoms with E-state index in [1.807, 2.05) is 43.6 Å². The quantitative estimate of drug-likeness (QED) is 0.691. The van der Waals surface area contributed by atoms with Gasteiger partial charge in [0.2, 0.25) is 5.69 Å². The van der Waals surface area contributed by atoms with E-state index in [0.717, 1.165) is 22.3 Å². The first-order chi connectivity index (χ1) is 10.7. The zero-order valence-corrected chi connectivity index (χ0v) is 12.8. The summed E-state index contributed by atoms with van der Waals surface area (Å²) in [7, 11) is 0. The van der Waals surface area contributed by atoms with Crippen LogP contribution in [-0.2, 0) is 4.74 Å². The van der Waals surface area contributed by atoms with Gasteiger partial charge in [0.05, 0.1) is 24.5 Å². The molecule has 0 aromatic carbocycles. The molecular weight excluding hydrogens is 278 g/mol. The highest BCUT2D eigenvalue weighted by molar-refractivity contribution is 5.90. The van der Waals surface area contributed by atoms with Gasteiger partial charge in [0.15, 0.2) is 0 Å². The molecule has 0 fully saturated rings. The standard InChI is InChI=1S/C16H17N5O/c1-5-22-12(3)20-10-13(8-18-20)16-14(17-4)9-19-21-11(2)6-7-15(16)21/h6-10,12H,5H2,1-3H3. The molecule has 0 saturated carbocycles. The maximum atomic E-state index is 7.40. The summed E-state index contributed by atoms with van der Waals surface area (Å²) >= 11 is 0. The van der Waals surface area contributed by atoms with Crippen LogP contribution in [0.4, 0.5) is 5.69 Å². The Morgan fingerprint density at radius 3 is 2.86 bits per heavy atom. The topological polar surface area (TPSA) is 48.7 Å². The molecule has 112 valence electrons. The minimum Gasteiger partial charge on any atom is -0.357 e. The summed E-state index contributed by atoms with van der Waals surface area (Å²) in [5, 5.41) is 8.68. The minimum atomic E-state index is -0.137. The number of aryl methyl sites for hydroxylation is 1. The Labute approximate surface area is 128 Å². The second kappa shape index (κ2) is 5.62. The summed E-state index contributed by atoms with van der Waals surface area (Å²) in [5.74, 6) is 0. The van der Waals surface area contributed by atoms with Crippen molar-refractivity contribution in [2.75, 3.05) is 6.61 Å². The smallest absolute Gasteiger partial charge is 0.216 e. The summed E-state index contributed by atoms with van der Waals surface area (Å²) in [6.45, 7) is 13.9. The predicted octanol–water partition coefficient (Wildman–Crippen LogP) is 3.61. The SMILES string of the molecule is [C-]#[N+]c1cnn2c(C)ccc2c1-c1cnn(C(C)OCC)c1. The molecule has 3 rings (SSSR count).